The zero-order chi connectivity index (χ0) is 4.28. The third-order valence-electron chi connectivity index (χ3n) is 0. The quantitative estimate of drug-likeness (QED) is 0.414. The van der Waals surface area contributed by atoms with E-state index in [9.17, 15) is 0 Å². The number of hydrogen-bond donors (Lipinski definition) is 1. The second-order valence-corrected chi connectivity index (χ2v) is 1.73. The molecule has 0 saturated heterocycles. The highest BCUT2D eigenvalue weighted by Crippen LogP contribution is 1.83. The van der Waals surface area contributed by atoms with Gasteiger partial charge >= 0.3 is 0 Å². The van der Waals surface area contributed by atoms with Crippen molar-refractivity contribution in [2.75, 3.05) is 0 Å². The Labute approximate surface area is 34.0 Å². The predicted octanol–water partition coefficient (Wildman–Crippen LogP) is 1.32. The summed E-state index contributed by atoms with van der Waals surface area (Å²) in [6.07, 6.45) is 0. The summed E-state index contributed by atoms with van der Waals surface area (Å²) < 4.78 is 6.58. The minimum atomic E-state index is 0.245. The van der Waals surface area contributed by atoms with Gasteiger partial charge in [-0.3, -0.25) is 0 Å². The van der Waals surface area contributed by atoms with E-state index in [0.29, 0.717) is 6.90 Å². The lowest BCUT2D eigenvalue weighted by molar-refractivity contribution is 1.13. The topological polar surface area (TPSA) is 0 Å². The first-order valence-electron chi connectivity index (χ1n) is 1.95. The van der Waals surface area contributed by atoms with Crippen molar-refractivity contribution in [3.05, 3.63) is 0 Å². The first kappa shape index (κ1) is 2.58. The maximum Gasteiger partial charge on any atom is 0.0241 e. The van der Waals surface area contributed by atoms with Gasteiger partial charge in [-0.2, -0.15) is 12.6 Å². The third kappa shape index (κ3) is 35.0. The van der Waals surface area contributed by atoms with Crippen LogP contribution in [0, 0.1) is 0 Å². The van der Waals surface area contributed by atoms with E-state index >= 15 is 0 Å². The lowest BCUT2D eigenvalue weighted by Gasteiger charge is -1.78. The Morgan fingerprint density at radius 3 is 2.50 bits per heavy atom. The highest BCUT2D eigenvalue weighted by Gasteiger charge is 1.69. The predicted molar refractivity (Wildman–Crippen MR) is 24.1 cm³/mol. The lowest BCUT2D eigenvalue weighted by atomic mass is 10.6. The van der Waals surface area contributed by atoms with Gasteiger partial charge in [-0.1, -0.05) is 13.8 Å². The van der Waals surface area contributed by atoms with E-state index in [0.717, 1.165) is 0 Å². The molecule has 0 aromatic heterocycles. The SMILES string of the molecule is [2H]CC(C)S. The normalized spacial score (nSPS) is 19.0. The Morgan fingerprint density at radius 1 is 2.25 bits per heavy atom. The molecule has 0 aliphatic carbocycles. The molecule has 1 heteroatoms. The maximum absolute atomic E-state index is 6.58. The van der Waals surface area contributed by atoms with Crippen molar-refractivity contribution in [3.8, 4) is 0 Å². The summed E-state index contributed by atoms with van der Waals surface area (Å²) in [4.78, 5) is 0. The van der Waals surface area contributed by atoms with Crippen molar-refractivity contribution in [2.24, 2.45) is 0 Å². The molecule has 0 bridgehead atoms. The van der Waals surface area contributed by atoms with Crippen LogP contribution in [0.3, 0.4) is 0 Å². The summed E-state index contributed by atoms with van der Waals surface area (Å²) in [5.41, 5.74) is 0. The summed E-state index contributed by atoms with van der Waals surface area (Å²) in [6, 6.07) is 0. The van der Waals surface area contributed by atoms with Gasteiger partial charge in [0.2, 0.25) is 0 Å². The van der Waals surface area contributed by atoms with Crippen LogP contribution >= 0.6 is 12.6 Å². The molecule has 0 saturated carbocycles. The number of rotatable bonds is 0. The zero-order valence-corrected chi connectivity index (χ0v) is 3.63. The van der Waals surface area contributed by atoms with Crippen molar-refractivity contribution in [2.45, 2.75) is 19.1 Å². The van der Waals surface area contributed by atoms with E-state index in [1.54, 1.807) is 0 Å². The Balaban J connectivity index is 2.54. The van der Waals surface area contributed by atoms with Gasteiger partial charge in [0.1, 0.15) is 0 Å². The summed E-state index contributed by atoms with van der Waals surface area (Å²) in [5, 5.41) is 0.245. The molecule has 0 heterocycles. The van der Waals surface area contributed by atoms with Gasteiger partial charge in [-0.25, -0.2) is 0 Å². The van der Waals surface area contributed by atoms with Gasteiger partial charge in [0, 0.05) is 1.37 Å². The van der Waals surface area contributed by atoms with Gasteiger partial charge < -0.3 is 0 Å². The molecular formula is C3H8S. The molecule has 0 nitrogen and oxygen atoms in total. The van der Waals surface area contributed by atoms with E-state index in [1.807, 2.05) is 6.92 Å². The van der Waals surface area contributed by atoms with Crippen LogP contribution < -0.4 is 0 Å². The summed E-state index contributed by atoms with van der Waals surface area (Å²) in [5.74, 6) is 0. The summed E-state index contributed by atoms with van der Waals surface area (Å²) in [7, 11) is 0. The molecule has 0 fully saturated rings. The fourth-order valence-electron chi connectivity index (χ4n) is 0. The molecule has 0 aliphatic heterocycles. The van der Waals surface area contributed by atoms with Crippen LogP contribution in [0.4, 0.5) is 0 Å². The van der Waals surface area contributed by atoms with Crippen molar-refractivity contribution >= 4 is 12.6 Å². The third-order valence-corrected chi connectivity index (χ3v) is 0. The monoisotopic (exact) mass is 77.0 g/mol. The second-order valence-electron chi connectivity index (χ2n) is 0.849. The molecule has 1 atom stereocenters. The number of thiol groups is 1. The standard InChI is InChI=1S/C3H8S/c1-3(2)4/h3-4H,1-2H3/i1D. The molecule has 0 aromatic rings. The molecule has 0 amide bonds. The molecule has 26 valence electrons. The molecule has 0 rings (SSSR count). The zero-order valence-electron chi connectivity index (χ0n) is 3.73. The summed E-state index contributed by atoms with van der Waals surface area (Å²) in [6.45, 7) is 2.32. The maximum atomic E-state index is 6.58. The highest BCUT2D eigenvalue weighted by atomic mass is 32.1. The largest absolute Gasteiger partial charge is 0.177 e. The van der Waals surface area contributed by atoms with Crippen LogP contribution in [-0.4, -0.2) is 5.25 Å². The molecule has 0 spiro atoms. The van der Waals surface area contributed by atoms with Crippen molar-refractivity contribution < 1.29 is 1.37 Å². The van der Waals surface area contributed by atoms with Gasteiger partial charge in [-0.05, 0) is 5.25 Å². The summed E-state index contributed by atoms with van der Waals surface area (Å²) >= 11 is 3.91. The van der Waals surface area contributed by atoms with Crippen molar-refractivity contribution in [1.29, 1.82) is 0 Å². The van der Waals surface area contributed by atoms with Crippen LogP contribution in [0.25, 0.3) is 0 Å². The van der Waals surface area contributed by atoms with E-state index in [1.165, 1.54) is 0 Å². The second kappa shape index (κ2) is 1.65. The van der Waals surface area contributed by atoms with Gasteiger partial charge in [0.05, 0.1) is 0 Å². The molecule has 0 radical (unpaired) electrons. The first-order valence-corrected chi connectivity index (χ1v) is 1.76. The van der Waals surface area contributed by atoms with Crippen LogP contribution in [0.1, 0.15) is 15.2 Å². The molecule has 1 unspecified atom stereocenters. The lowest BCUT2D eigenvalue weighted by Crippen LogP contribution is -1.71. The molecular weight excluding hydrogens is 68.1 g/mol. The van der Waals surface area contributed by atoms with E-state index < -0.39 is 0 Å². The van der Waals surface area contributed by atoms with E-state index in [4.69, 9.17) is 1.37 Å². The fourth-order valence-corrected chi connectivity index (χ4v) is 0. The van der Waals surface area contributed by atoms with Gasteiger partial charge in [0.25, 0.3) is 0 Å². The average molecular weight is 77.2 g/mol. The number of hydrogen-bond acceptors (Lipinski definition) is 1. The van der Waals surface area contributed by atoms with Crippen molar-refractivity contribution in [1.82, 2.24) is 0 Å². The van der Waals surface area contributed by atoms with E-state index in [2.05, 4.69) is 12.6 Å². The van der Waals surface area contributed by atoms with Crippen LogP contribution in [0.15, 0.2) is 0 Å². The fraction of sp³-hybridized carbons (Fsp3) is 1.00. The Bertz CT molecular complexity index is 20.9. The highest BCUT2D eigenvalue weighted by molar-refractivity contribution is 7.80. The van der Waals surface area contributed by atoms with Gasteiger partial charge in [-0.15, -0.1) is 0 Å². The Hall–Kier alpha value is 0.350. The smallest absolute Gasteiger partial charge is 0.0241 e. The van der Waals surface area contributed by atoms with Crippen LogP contribution in [0.5, 0.6) is 0 Å². The Morgan fingerprint density at radius 2 is 2.50 bits per heavy atom. The molecule has 0 aliphatic rings. The van der Waals surface area contributed by atoms with Crippen LogP contribution in [-0.2, 0) is 0 Å². The van der Waals surface area contributed by atoms with E-state index in [-0.39, 0.29) is 5.25 Å². The average Bonchev–Trinajstić information content (AvgIpc) is 1.38. The minimum Gasteiger partial charge on any atom is -0.177 e. The molecule has 0 aromatic carbocycles. The Kier molecular flexibility index (Phi) is 1.06. The molecule has 0 N–H and O–H groups in total. The van der Waals surface area contributed by atoms with Gasteiger partial charge in [0.15, 0.2) is 0 Å². The molecule has 4 heavy (non-hydrogen) atoms. The first-order chi connectivity index (χ1) is 2.27. The van der Waals surface area contributed by atoms with Crippen molar-refractivity contribution in [3.63, 3.8) is 0 Å². The van der Waals surface area contributed by atoms with Crippen LogP contribution in [0.2, 0.25) is 0 Å². The minimum absolute atomic E-state index is 0.245.